The Morgan fingerprint density at radius 1 is 0.944 bits per heavy atom. The van der Waals surface area contributed by atoms with E-state index >= 15 is 0 Å². The molecule has 2 aromatic heterocycles. The number of hydrogen-bond donors (Lipinski definition) is 1. The zero-order valence-electron chi connectivity index (χ0n) is 18.5. The molecule has 0 spiro atoms. The molecule has 1 N–H and O–H groups in total. The summed E-state index contributed by atoms with van der Waals surface area (Å²) in [5.74, 6) is -0.913. The Labute approximate surface area is 206 Å². The van der Waals surface area contributed by atoms with Crippen molar-refractivity contribution in [3.05, 3.63) is 105 Å². The summed E-state index contributed by atoms with van der Waals surface area (Å²) in [5, 5.41) is 7.01. The maximum Gasteiger partial charge on any atom is 0.291 e. The van der Waals surface area contributed by atoms with Gasteiger partial charge < -0.3 is 5.32 Å². The number of anilines is 2. The Morgan fingerprint density at radius 3 is 2.42 bits per heavy atom. The monoisotopic (exact) mass is 497 g/mol. The average molecular weight is 498 g/mol. The fraction of sp³-hybridized carbons (Fsp3) is 0.0385. The van der Waals surface area contributed by atoms with E-state index in [4.69, 9.17) is 0 Å². The van der Waals surface area contributed by atoms with Gasteiger partial charge in [0.05, 0.1) is 11.3 Å². The van der Waals surface area contributed by atoms with Gasteiger partial charge in [-0.25, -0.2) is 4.39 Å². The van der Waals surface area contributed by atoms with Gasteiger partial charge in [-0.1, -0.05) is 59.9 Å². The highest BCUT2D eigenvalue weighted by molar-refractivity contribution is 7.15. The van der Waals surface area contributed by atoms with E-state index in [2.05, 4.69) is 15.4 Å². The van der Waals surface area contributed by atoms with Crippen molar-refractivity contribution in [1.82, 2.24) is 14.6 Å². The van der Waals surface area contributed by atoms with Crippen LogP contribution in [-0.2, 0) is 9.59 Å². The van der Waals surface area contributed by atoms with Crippen molar-refractivity contribution in [2.24, 2.45) is 0 Å². The maximum atomic E-state index is 13.5. The Hall–Kier alpha value is -4.70. The van der Waals surface area contributed by atoms with Crippen LogP contribution in [0.4, 0.5) is 15.8 Å². The molecular weight excluding hydrogens is 481 g/mol. The van der Waals surface area contributed by atoms with Crippen LogP contribution < -0.4 is 20.3 Å². The average Bonchev–Trinajstić information content (AvgIpc) is 3.52. The van der Waals surface area contributed by atoms with Gasteiger partial charge in [-0.05, 0) is 30.3 Å². The summed E-state index contributed by atoms with van der Waals surface area (Å²) >= 11 is 1.09. The molecular formula is C26H16FN5O3S. The molecule has 8 nitrogen and oxygen atoms in total. The lowest BCUT2D eigenvalue weighted by Gasteiger charge is -2.16. The standard InChI is InChI=1S/C26H16FN5O3S/c27-16-10-12-17(13-11-16)28-20(33)14-31-19-9-5-4-8-18(19)21(24(31)34)22-25(35)32-26(36-22)29-23(30-32)15-6-2-1-3-7-15/h1-13H,14H2,(H,28,33)/b22-21-. The summed E-state index contributed by atoms with van der Waals surface area (Å²) in [4.78, 5) is 45.7. The zero-order chi connectivity index (χ0) is 24.8. The number of fused-ring (bicyclic) bond motifs is 2. The summed E-state index contributed by atoms with van der Waals surface area (Å²) in [5.41, 5.74) is 2.04. The highest BCUT2D eigenvalue weighted by Gasteiger charge is 2.35. The molecule has 3 heterocycles. The van der Waals surface area contributed by atoms with Crippen molar-refractivity contribution in [1.29, 1.82) is 0 Å². The van der Waals surface area contributed by atoms with Crippen molar-refractivity contribution in [2.45, 2.75) is 0 Å². The molecule has 3 aromatic carbocycles. The first-order valence-electron chi connectivity index (χ1n) is 11.0. The van der Waals surface area contributed by atoms with E-state index in [1.807, 2.05) is 30.3 Å². The molecule has 0 fully saturated rings. The number of nitrogens with one attached hydrogen (secondary N) is 1. The second kappa shape index (κ2) is 8.51. The molecule has 0 radical (unpaired) electrons. The number of rotatable bonds is 4. The van der Waals surface area contributed by atoms with Crippen LogP contribution in [-0.4, -0.2) is 33.0 Å². The Kier molecular flexibility index (Phi) is 5.15. The molecule has 1 aliphatic rings. The first-order valence-corrected chi connectivity index (χ1v) is 11.8. The molecule has 2 amide bonds. The molecule has 0 aliphatic carbocycles. The lowest BCUT2D eigenvalue weighted by Crippen LogP contribution is -2.37. The van der Waals surface area contributed by atoms with E-state index < -0.39 is 23.2 Å². The third-order valence-corrected chi connectivity index (χ3v) is 6.80. The number of hydrogen-bond acceptors (Lipinski definition) is 6. The first kappa shape index (κ1) is 21.8. The fourth-order valence-electron chi connectivity index (χ4n) is 4.13. The molecule has 5 aromatic rings. The Bertz CT molecular complexity index is 1760. The third-order valence-electron chi connectivity index (χ3n) is 5.77. The van der Waals surface area contributed by atoms with Gasteiger partial charge >= 0.3 is 0 Å². The molecule has 0 saturated carbocycles. The van der Waals surface area contributed by atoms with Crippen molar-refractivity contribution in [3.63, 3.8) is 0 Å². The molecule has 36 heavy (non-hydrogen) atoms. The Morgan fingerprint density at radius 2 is 1.67 bits per heavy atom. The van der Waals surface area contributed by atoms with Gasteiger partial charge in [0.2, 0.25) is 10.9 Å². The number of carbonyl (C=O) groups is 2. The van der Waals surface area contributed by atoms with Crippen LogP contribution >= 0.6 is 11.3 Å². The minimum Gasteiger partial charge on any atom is -0.325 e. The van der Waals surface area contributed by atoms with Gasteiger partial charge in [0.15, 0.2) is 5.82 Å². The highest BCUT2D eigenvalue weighted by atomic mass is 32.1. The molecule has 1 aliphatic heterocycles. The zero-order valence-corrected chi connectivity index (χ0v) is 19.3. The quantitative estimate of drug-likeness (QED) is 0.412. The third kappa shape index (κ3) is 3.64. The Balaban J connectivity index is 1.39. The summed E-state index contributed by atoms with van der Waals surface area (Å²) in [6.07, 6.45) is 0. The van der Waals surface area contributed by atoms with Crippen molar-refractivity contribution in [2.75, 3.05) is 16.8 Å². The molecule has 0 saturated heterocycles. The lowest BCUT2D eigenvalue weighted by atomic mass is 10.1. The topological polar surface area (TPSA) is 96.7 Å². The predicted octanol–water partition coefficient (Wildman–Crippen LogP) is 2.86. The van der Waals surface area contributed by atoms with Gasteiger partial charge in [0.25, 0.3) is 11.5 Å². The van der Waals surface area contributed by atoms with E-state index in [0.29, 0.717) is 27.7 Å². The second-order valence-electron chi connectivity index (χ2n) is 8.07. The van der Waals surface area contributed by atoms with Crippen LogP contribution in [0, 0.1) is 5.82 Å². The fourth-order valence-corrected chi connectivity index (χ4v) is 5.13. The summed E-state index contributed by atoms with van der Waals surface area (Å²) in [6, 6.07) is 21.6. The SMILES string of the molecule is O=C(CN1C(=O)/C(=c2\sc3nc(-c4ccccc4)nn3c2=O)c2ccccc21)Nc1ccc(F)cc1. The van der Waals surface area contributed by atoms with E-state index in [1.54, 1.807) is 24.3 Å². The second-order valence-corrected chi connectivity index (χ2v) is 9.05. The number of para-hydroxylation sites is 1. The van der Waals surface area contributed by atoms with Crippen LogP contribution in [0.1, 0.15) is 5.56 Å². The molecule has 10 heteroatoms. The van der Waals surface area contributed by atoms with Gasteiger partial charge in [-0.15, -0.1) is 5.10 Å². The number of benzene rings is 3. The minimum atomic E-state index is -0.463. The van der Waals surface area contributed by atoms with Crippen molar-refractivity contribution < 1.29 is 14.0 Å². The van der Waals surface area contributed by atoms with Gasteiger partial charge in [0, 0.05) is 16.8 Å². The van der Waals surface area contributed by atoms with Crippen LogP contribution in [0.5, 0.6) is 0 Å². The first-order chi connectivity index (χ1) is 17.5. The highest BCUT2D eigenvalue weighted by Crippen LogP contribution is 2.35. The normalized spacial score (nSPS) is 14.4. The molecule has 6 rings (SSSR count). The molecule has 0 bridgehead atoms. The summed E-state index contributed by atoms with van der Waals surface area (Å²) < 4.78 is 14.6. The number of nitrogens with zero attached hydrogens (tertiary/aromatic N) is 4. The number of amides is 2. The van der Waals surface area contributed by atoms with Crippen LogP contribution in [0.2, 0.25) is 0 Å². The summed E-state index contributed by atoms with van der Waals surface area (Å²) in [6.45, 7) is -0.274. The van der Waals surface area contributed by atoms with Gasteiger partial charge in [-0.2, -0.15) is 9.50 Å². The van der Waals surface area contributed by atoms with E-state index in [0.717, 1.165) is 16.9 Å². The molecule has 176 valence electrons. The minimum absolute atomic E-state index is 0.212. The number of halogens is 1. The number of thiazole rings is 1. The molecule has 0 unspecified atom stereocenters. The van der Waals surface area contributed by atoms with Crippen molar-refractivity contribution in [3.8, 4) is 11.4 Å². The molecule has 0 atom stereocenters. The largest absolute Gasteiger partial charge is 0.325 e. The predicted molar refractivity (Wildman–Crippen MR) is 134 cm³/mol. The van der Waals surface area contributed by atoms with Gasteiger partial charge in [0.1, 0.15) is 16.9 Å². The number of aromatic nitrogens is 3. The maximum absolute atomic E-state index is 13.5. The lowest BCUT2D eigenvalue weighted by molar-refractivity contribution is -0.118. The van der Waals surface area contributed by atoms with E-state index in [9.17, 15) is 18.8 Å². The number of carbonyl (C=O) groups excluding carboxylic acids is 2. The van der Waals surface area contributed by atoms with E-state index in [1.165, 1.54) is 33.7 Å². The van der Waals surface area contributed by atoms with Crippen LogP contribution in [0.15, 0.2) is 83.7 Å². The van der Waals surface area contributed by atoms with E-state index in [-0.39, 0.29) is 16.7 Å². The van der Waals surface area contributed by atoms with Crippen LogP contribution in [0.3, 0.4) is 0 Å². The van der Waals surface area contributed by atoms with Crippen LogP contribution in [0.25, 0.3) is 21.9 Å². The smallest absolute Gasteiger partial charge is 0.291 e. The summed E-state index contributed by atoms with van der Waals surface area (Å²) in [7, 11) is 0. The van der Waals surface area contributed by atoms with Crippen molar-refractivity contribution >= 4 is 45.1 Å². The van der Waals surface area contributed by atoms with Gasteiger partial charge in [-0.3, -0.25) is 19.3 Å².